The van der Waals surface area contributed by atoms with Crippen LogP contribution in [0.3, 0.4) is 0 Å². The maximum atomic E-state index is 13.6. The van der Waals surface area contributed by atoms with Crippen LogP contribution in [0.2, 0.25) is 0 Å². The molecule has 152 valence electrons. The van der Waals surface area contributed by atoms with Crippen LogP contribution in [-0.4, -0.2) is 57.8 Å². The van der Waals surface area contributed by atoms with Crippen LogP contribution in [0, 0.1) is 11.7 Å². The summed E-state index contributed by atoms with van der Waals surface area (Å²) in [5.41, 5.74) is 2.07. The molecule has 5 rings (SSSR count). The van der Waals surface area contributed by atoms with E-state index in [1.54, 1.807) is 6.07 Å². The molecule has 2 aliphatic rings. The molecule has 0 N–H and O–H groups in total. The number of benzene rings is 1. The van der Waals surface area contributed by atoms with Crippen LogP contribution >= 0.6 is 11.3 Å². The molecule has 0 radical (unpaired) electrons. The summed E-state index contributed by atoms with van der Waals surface area (Å²) in [6, 6.07) is 6.41. The zero-order valence-electron chi connectivity index (χ0n) is 16.4. The predicted molar refractivity (Wildman–Crippen MR) is 113 cm³/mol. The van der Waals surface area contributed by atoms with Crippen molar-refractivity contribution in [3.05, 3.63) is 47.4 Å². The van der Waals surface area contributed by atoms with Crippen molar-refractivity contribution < 1.29 is 9.18 Å². The number of fused-ring (bicyclic) bond motifs is 1. The highest BCUT2D eigenvalue weighted by atomic mass is 32.1. The molecule has 2 aliphatic heterocycles. The van der Waals surface area contributed by atoms with Crippen LogP contribution in [0.4, 0.5) is 4.39 Å². The number of amides is 1. The van der Waals surface area contributed by atoms with Crippen molar-refractivity contribution >= 4 is 22.2 Å². The minimum Gasteiger partial charge on any atom is -0.337 e. The maximum Gasteiger partial charge on any atom is 0.271 e. The topological polar surface area (TPSA) is 40.9 Å². The van der Waals surface area contributed by atoms with Gasteiger partial charge in [0.2, 0.25) is 0 Å². The third-order valence-corrected chi connectivity index (χ3v) is 6.91. The lowest BCUT2D eigenvalue weighted by atomic mass is 9.97. The average Bonchev–Trinajstić information content (AvgIpc) is 3.45. The lowest BCUT2D eigenvalue weighted by Gasteiger charge is -2.34. The number of aromatic nitrogens is 2. The van der Waals surface area contributed by atoms with Gasteiger partial charge in [0, 0.05) is 36.8 Å². The van der Waals surface area contributed by atoms with E-state index >= 15 is 0 Å². The molecule has 4 heterocycles. The van der Waals surface area contributed by atoms with Gasteiger partial charge in [-0.2, -0.15) is 0 Å². The van der Waals surface area contributed by atoms with Crippen molar-refractivity contribution in [3.8, 4) is 11.3 Å². The van der Waals surface area contributed by atoms with Gasteiger partial charge in [-0.3, -0.25) is 9.20 Å². The number of imidazole rings is 1. The van der Waals surface area contributed by atoms with E-state index in [1.807, 2.05) is 26.9 Å². The number of carbonyl (C=O) groups excluding carboxylic acids is 1. The summed E-state index contributed by atoms with van der Waals surface area (Å²) in [5, 5.41) is 1.89. The summed E-state index contributed by atoms with van der Waals surface area (Å²) in [6.45, 7) is 5.16. The second kappa shape index (κ2) is 7.88. The Morgan fingerprint density at radius 2 is 2.07 bits per heavy atom. The van der Waals surface area contributed by atoms with Gasteiger partial charge in [0.15, 0.2) is 4.96 Å². The third-order valence-electron chi connectivity index (χ3n) is 6.07. The SMILES string of the molecule is O=C(c1csc2nc(-c3cccc(F)c3)cn12)N1CCC[C@@H](CN2CCCC2)C1. The molecular formula is C22H25FN4OS. The smallest absolute Gasteiger partial charge is 0.271 e. The summed E-state index contributed by atoms with van der Waals surface area (Å²) in [5.74, 6) is 0.351. The number of halogens is 1. The quantitative estimate of drug-likeness (QED) is 0.646. The lowest BCUT2D eigenvalue weighted by molar-refractivity contribution is 0.0641. The first-order valence-electron chi connectivity index (χ1n) is 10.4. The summed E-state index contributed by atoms with van der Waals surface area (Å²) in [7, 11) is 0. The molecule has 0 unspecified atom stereocenters. The van der Waals surface area contributed by atoms with Crippen molar-refractivity contribution in [2.75, 3.05) is 32.7 Å². The van der Waals surface area contributed by atoms with Gasteiger partial charge in [0.25, 0.3) is 5.91 Å². The highest BCUT2D eigenvalue weighted by Crippen LogP contribution is 2.26. The Bertz CT molecular complexity index is 1020. The first-order chi connectivity index (χ1) is 14.2. The highest BCUT2D eigenvalue weighted by Gasteiger charge is 2.28. The zero-order valence-corrected chi connectivity index (χ0v) is 17.2. The van der Waals surface area contributed by atoms with E-state index in [9.17, 15) is 9.18 Å². The van der Waals surface area contributed by atoms with Gasteiger partial charge in [-0.1, -0.05) is 12.1 Å². The molecule has 0 saturated carbocycles. The van der Waals surface area contributed by atoms with E-state index in [0.717, 1.165) is 36.6 Å². The molecule has 7 heteroatoms. The summed E-state index contributed by atoms with van der Waals surface area (Å²) < 4.78 is 15.4. The van der Waals surface area contributed by atoms with Crippen molar-refractivity contribution in [2.45, 2.75) is 25.7 Å². The van der Waals surface area contributed by atoms with Crippen molar-refractivity contribution in [2.24, 2.45) is 5.92 Å². The Morgan fingerprint density at radius 1 is 1.21 bits per heavy atom. The second-order valence-corrected chi connectivity index (χ2v) is 9.01. The number of nitrogens with zero attached hydrogens (tertiary/aromatic N) is 4. The molecule has 5 nitrogen and oxygen atoms in total. The van der Waals surface area contributed by atoms with Crippen LogP contribution in [0.5, 0.6) is 0 Å². The fourth-order valence-corrected chi connectivity index (χ4v) is 5.46. The number of hydrogen-bond donors (Lipinski definition) is 0. The Labute approximate surface area is 173 Å². The number of likely N-dealkylation sites (tertiary alicyclic amines) is 2. The molecule has 0 bridgehead atoms. The van der Waals surface area contributed by atoms with Gasteiger partial charge in [-0.25, -0.2) is 9.37 Å². The summed E-state index contributed by atoms with van der Waals surface area (Å²) in [4.78, 5) is 23.2. The van der Waals surface area contributed by atoms with Gasteiger partial charge in [-0.15, -0.1) is 11.3 Å². The average molecular weight is 413 g/mol. The van der Waals surface area contributed by atoms with Crippen LogP contribution in [0.25, 0.3) is 16.2 Å². The fourth-order valence-electron chi connectivity index (χ4n) is 4.62. The molecule has 2 aromatic heterocycles. The van der Waals surface area contributed by atoms with Gasteiger partial charge in [-0.05, 0) is 56.8 Å². The molecule has 2 fully saturated rings. The van der Waals surface area contributed by atoms with Gasteiger partial charge in [0.05, 0.1) is 5.69 Å². The van der Waals surface area contributed by atoms with E-state index in [1.165, 1.54) is 55.8 Å². The molecule has 0 aliphatic carbocycles. The van der Waals surface area contributed by atoms with Crippen molar-refractivity contribution in [3.63, 3.8) is 0 Å². The monoisotopic (exact) mass is 412 g/mol. The van der Waals surface area contributed by atoms with E-state index in [4.69, 9.17) is 0 Å². The molecule has 0 spiro atoms. The first kappa shape index (κ1) is 18.8. The number of hydrogen-bond acceptors (Lipinski definition) is 4. The second-order valence-electron chi connectivity index (χ2n) is 8.18. The van der Waals surface area contributed by atoms with Crippen LogP contribution in [0.15, 0.2) is 35.8 Å². The van der Waals surface area contributed by atoms with E-state index in [0.29, 0.717) is 17.3 Å². The Hall–Kier alpha value is -2.25. The Morgan fingerprint density at radius 3 is 2.90 bits per heavy atom. The maximum absolute atomic E-state index is 13.6. The van der Waals surface area contributed by atoms with Crippen LogP contribution in [0.1, 0.15) is 36.2 Å². The summed E-state index contributed by atoms with van der Waals surface area (Å²) in [6.07, 6.45) is 6.72. The molecule has 1 amide bonds. The fraction of sp³-hybridized carbons (Fsp3) is 0.455. The van der Waals surface area contributed by atoms with E-state index in [2.05, 4.69) is 9.88 Å². The minimum atomic E-state index is -0.285. The van der Waals surface area contributed by atoms with Crippen LogP contribution < -0.4 is 0 Å². The van der Waals surface area contributed by atoms with Crippen molar-refractivity contribution in [1.82, 2.24) is 19.2 Å². The number of carbonyl (C=O) groups is 1. The standard InChI is InChI=1S/C22H25FN4OS/c23-18-7-3-6-17(11-18)19-14-27-20(15-29-22(27)24-19)21(28)26-10-4-5-16(13-26)12-25-8-1-2-9-25/h3,6-7,11,14-16H,1-2,4-5,8-10,12-13H2/t16-/m0/s1. The number of rotatable bonds is 4. The van der Waals surface area contributed by atoms with E-state index in [-0.39, 0.29) is 11.7 Å². The molecule has 2 saturated heterocycles. The first-order valence-corrected chi connectivity index (χ1v) is 11.3. The predicted octanol–water partition coefficient (Wildman–Crippen LogP) is 4.15. The van der Waals surface area contributed by atoms with Gasteiger partial charge < -0.3 is 9.80 Å². The van der Waals surface area contributed by atoms with Crippen molar-refractivity contribution in [1.29, 1.82) is 0 Å². The normalized spacial score (nSPS) is 20.6. The molecule has 1 atom stereocenters. The number of piperidine rings is 1. The highest BCUT2D eigenvalue weighted by molar-refractivity contribution is 7.15. The molecule has 29 heavy (non-hydrogen) atoms. The minimum absolute atomic E-state index is 0.0746. The molecule has 1 aromatic carbocycles. The largest absolute Gasteiger partial charge is 0.337 e. The van der Waals surface area contributed by atoms with Gasteiger partial charge >= 0.3 is 0 Å². The summed E-state index contributed by atoms with van der Waals surface area (Å²) >= 11 is 1.46. The molecule has 3 aromatic rings. The van der Waals surface area contributed by atoms with E-state index < -0.39 is 0 Å². The zero-order chi connectivity index (χ0) is 19.8. The van der Waals surface area contributed by atoms with Gasteiger partial charge in [0.1, 0.15) is 11.5 Å². The Balaban J connectivity index is 1.35. The lowest BCUT2D eigenvalue weighted by Crippen LogP contribution is -2.43. The number of thiazole rings is 1. The molecular weight excluding hydrogens is 387 g/mol. The van der Waals surface area contributed by atoms with Crippen LogP contribution in [-0.2, 0) is 0 Å². The Kier molecular flexibility index (Phi) is 5.09. The third kappa shape index (κ3) is 3.81.